The number of hydrazine groups is 1. The van der Waals surface area contributed by atoms with Gasteiger partial charge in [0, 0.05) is 5.56 Å². The van der Waals surface area contributed by atoms with E-state index in [1.54, 1.807) is 24.3 Å². The lowest BCUT2D eigenvalue weighted by Crippen LogP contribution is -2.43. The van der Waals surface area contributed by atoms with Gasteiger partial charge in [0.1, 0.15) is 6.10 Å². The van der Waals surface area contributed by atoms with Crippen LogP contribution >= 0.6 is 0 Å². The molecular weight excluding hydrogens is 260 g/mol. The number of amides is 2. The molecule has 1 fully saturated rings. The van der Waals surface area contributed by atoms with E-state index in [9.17, 15) is 9.59 Å². The highest BCUT2D eigenvalue weighted by atomic mass is 16.6. The Hall–Kier alpha value is -2.08. The van der Waals surface area contributed by atoms with Crippen molar-refractivity contribution >= 4 is 12.0 Å². The fraction of sp³-hybridized carbons (Fsp3) is 0.429. The average Bonchev–Trinajstić information content (AvgIpc) is 2.78. The van der Waals surface area contributed by atoms with E-state index < -0.39 is 6.09 Å². The topological polar surface area (TPSA) is 67.9 Å². The lowest BCUT2D eigenvalue weighted by Gasteiger charge is -2.14. The zero-order chi connectivity index (χ0) is 14.5. The van der Waals surface area contributed by atoms with Crippen LogP contribution < -0.4 is 5.43 Å². The highest BCUT2D eigenvalue weighted by molar-refractivity contribution is 5.95. The zero-order valence-electron chi connectivity index (χ0n) is 11.5. The predicted molar refractivity (Wildman–Crippen MR) is 72.0 cm³/mol. The van der Waals surface area contributed by atoms with Crippen molar-refractivity contribution in [2.24, 2.45) is 0 Å². The third-order valence-electron chi connectivity index (χ3n) is 2.76. The number of carbonyl (C=O) groups is 2. The first-order valence-corrected chi connectivity index (χ1v) is 6.52. The molecule has 0 saturated carbocycles. The number of hydrogen-bond acceptors (Lipinski definition) is 4. The molecule has 1 heterocycles. The largest absolute Gasteiger partial charge is 0.440 e. The molecule has 1 aromatic carbocycles. The van der Waals surface area contributed by atoms with Crippen LogP contribution in [0.1, 0.15) is 24.2 Å². The first-order valence-electron chi connectivity index (χ1n) is 6.52. The van der Waals surface area contributed by atoms with Gasteiger partial charge in [-0.05, 0) is 26.0 Å². The number of ether oxygens (including phenoxy) is 2. The molecule has 2 rings (SSSR count). The molecule has 6 heteroatoms. The van der Waals surface area contributed by atoms with Crippen molar-refractivity contribution < 1.29 is 19.1 Å². The Morgan fingerprint density at radius 3 is 2.80 bits per heavy atom. The predicted octanol–water partition coefficient (Wildman–Crippen LogP) is 1.58. The first-order chi connectivity index (χ1) is 9.56. The van der Waals surface area contributed by atoms with E-state index >= 15 is 0 Å². The summed E-state index contributed by atoms with van der Waals surface area (Å²) in [6.45, 7) is 4.42. The molecule has 0 radical (unpaired) electrons. The molecule has 20 heavy (non-hydrogen) atoms. The molecule has 0 aliphatic carbocycles. The maximum atomic E-state index is 11.9. The second kappa shape index (κ2) is 6.38. The molecule has 1 aromatic rings. The van der Waals surface area contributed by atoms with Gasteiger partial charge < -0.3 is 9.47 Å². The number of benzene rings is 1. The van der Waals surface area contributed by atoms with Gasteiger partial charge in [0.25, 0.3) is 5.91 Å². The average molecular weight is 278 g/mol. The summed E-state index contributed by atoms with van der Waals surface area (Å²) in [4.78, 5) is 23.6. The Balaban J connectivity index is 1.87. The molecule has 6 nitrogen and oxygen atoms in total. The van der Waals surface area contributed by atoms with Gasteiger partial charge in [-0.25, -0.2) is 9.80 Å². The molecule has 1 N–H and O–H groups in total. The van der Waals surface area contributed by atoms with Crippen LogP contribution in [-0.2, 0) is 9.47 Å². The van der Waals surface area contributed by atoms with Crippen LogP contribution in [0.3, 0.4) is 0 Å². The minimum Gasteiger partial charge on any atom is -0.440 e. The molecule has 1 aliphatic rings. The van der Waals surface area contributed by atoms with E-state index in [1.165, 1.54) is 5.01 Å². The Labute approximate surface area is 117 Å². The molecular formula is C14H18N2O4. The smallest absolute Gasteiger partial charge is 0.429 e. The van der Waals surface area contributed by atoms with Crippen molar-refractivity contribution in [1.82, 2.24) is 10.4 Å². The summed E-state index contributed by atoms with van der Waals surface area (Å²) in [5.74, 6) is -0.340. The van der Waals surface area contributed by atoms with Crippen LogP contribution in [0.25, 0.3) is 0 Å². The minimum absolute atomic E-state index is 0.0710. The van der Waals surface area contributed by atoms with Crippen LogP contribution in [0.5, 0.6) is 0 Å². The number of carbonyl (C=O) groups excluding carboxylic acids is 2. The summed E-state index contributed by atoms with van der Waals surface area (Å²) in [5, 5.41) is 1.17. The Bertz CT molecular complexity index is 475. The number of nitrogens with one attached hydrogen (secondary N) is 1. The molecule has 1 atom stereocenters. The van der Waals surface area contributed by atoms with Crippen molar-refractivity contribution in [3.8, 4) is 0 Å². The minimum atomic E-state index is -0.563. The lowest BCUT2D eigenvalue weighted by atomic mass is 10.2. The number of cyclic esters (lactones) is 1. The molecule has 0 spiro atoms. The quantitative estimate of drug-likeness (QED) is 0.888. The van der Waals surface area contributed by atoms with E-state index in [4.69, 9.17) is 9.47 Å². The summed E-state index contributed by atoms with van der Waals surface area (Å²) in [7, 11) is 0. The highest BCUT2D eigenvalue weighted by Crippen LogP contribution is 2.11. The van der Waals surface area contributed by atoms with Crippen LogP contribution in [0, 0.1) is 0 Å². The monoisotopic (exact) mass is 278 g/mol. The molecule has 0 aromatic heterocycles. The fourth-order valence-corrected chi connectivity index (χ4v) is 1.78. The van der Waals surface area contributed by atoms with Gasteiger partial charge in [0.15, 0.2) is 0 Å². The van der Waals surface area contributed by atoms with E-state index in [0.29, 0.717) is 12.2 Å². The van der Waals surface area contributed by atoms with Gasteiger partial charge in [-0.2, -0.15) is 0 Å². The number of hydrogen-bond donors (Lipinski definition) is 1. The van der Waals surface area contributed by atoms with Crippen molar-refractivity contribution in [1.29, 1.82) is 0 Å². The molecule has 2 amide bonds. The maximum absolute atomic E-state index is 11.9. The van der Waals surface area contributed by atoms with E-state index in [-0.39, 0.29) is 24.7 Å². The SMILES string of the molecule is CC(C)OCC1CN(NC(=O)c2ccccc2)C(=O)O1. The second-order valence-corrected chi connectivity index (χ2v) is 4.81. The third kappa shape index (κ3) is 3.71. The Morgan fingerprint density at radius 2 is 2.15 bits per heavy atom. The number of nitrogens with zero attached hydrogens (tertiary/aromatic N) is 1. The van der Waals surface area contributed by atoms with Gasteiger partial charge in [0.2, 0.25) is 0 Å². The van der Waals surface area contributed by atoms with E-state index in [2.05, 4.69) is 5.43 Å². The van der Waals surface area contributed by atoms with E-state index in [0.717, 1.165) is 0 Å². The molecule has 108 valence electrons. The van der Waals surface area contributed by atoms with Crippen LogP contribution in [0.15, 0.2) is 30.3 Å². The third-order valence-corrected chi connectivity index (χ3v) is 2.76. The summed E-state index contributed by atoms with van der Waals surface area (Å²) in [5.41, 5.74) is 3.01. The van der Waals surface area contributed by atoms with Crippen molar-refractivity contribution in [2.75, 3.05) is 13.2 Å². The summed E-state index contributed by atoms with van der Waals surface area (Å²) >= 11 is 0. The first kappa shape index (κ1) is 14.3. The Kier molecular flexibility index (Phi) is 4.57. The van der Waals surface area contributed by atoms with Crippen molar-refractivity contribution in [3.63, 3.8) is 0 Å². The maximum Gasteiger partial charge on any atom is 0.429 e. The number of rotatable bonds is 5. The molecule has 1 aliphatic heterocycles. The van der Waals surface area contributed by atoms with Crippen LogP contribution in [0.2, 0.25) is 0 Å². The molecule has 1 saturated heterocycles. The lowest BCUT2D eigenvalue weighted by molar-refractivity contribution is 0.0152. The van der Waals surface area contributed by atoms with Gasteiger partial charge in [-0.3, -0.25) is 10.2 Å². The fourth-order valence-electron chi connectivity index (χ4n) is 1.78. The van der Waals surface area contributed by atoms with Gasteiger partial charge >= 0.3 is 6.09 Å². The van der Waals surface area contributed by atoms with E-state index in [1.807, 2.05) is 19.9 Å². The summed E-state index contributed by atoms with van der Waals surface area (Å²) in [6, 6.07) is 8.69. The normalized spacial score (nSPS) is 18.2. The standard InChI is InChI=1S/C14H18N2O4/c1-10(2)19-9-12-8-16(14(18)20-12)15-13(17)11-6-4-3-5-7-11/h3-7,10,12H,8-9H2,1-2H3,(H,15,17). The van der Waals surface area contributed by atoms with Crippen molar-refractivity contribution in [3.05, 3.63) is 35.9 Å². The van der Waals surface area contributed by atoms with Crippen molar-refractivity contribution in [2.45, 2.75) is 26.1 Å². The summed E-state index contributed by atoms with van der Waals surface area (Å²) in [6.07, 6.45) is -0.853. The van der Waals surface area contributed by atoms with Gasteiger partial charge in [0.05, 0.1) is 19.3 Å². The second-order valence-electron chi connectivity index (χ2n) is 4.81. The van der Waals surface area contributed by atoms with Crippen LogP contribution in [-0.4, -0.2) is 42.4 Å². The molecule has 1 unspecified atom stereocenters. The summed E-state index contributed by atoms with van der Waals surface area (Å²) < 4.78 is 10.5. The van der Waals surface area contributed by atoms with Gasteiger partial charge in [-0.1, -0.05) is 18.2 Å². The zero-order valence-corrected chi connectivity index (χ0v) is 11.5. The Morgan fingerprint density at radius 1 is 1.45 bits per heavy atom. The van der Waals surface area contributed by atoms with Gasteiger partial charge in [-0.15, -0.1) is 0 Å². The van der Waals surface area contributed by atoms with Crippen LogP contribution in [0.4, 0.5) is 4.79 Å². The highest BCUT2D eigenvalue weighted by Gasteiger charge is 2.32. The molecule has 0 bridgehead atoms.